The van der Waals surface area contributed by atoms with Crippen molar-refractivity contribution in [1.82, 2.24) is 4.57 Å². The average molecular weight is 523 g/mol. The number of rotatable bonds is 3. The second-order valence-electron chi connectivity index (χ2n) is 7.62. The third kappa shape index (κ3) is 3.12. The first kappa shape index (κ1) is 21.4. The van der Waals surface area contributed by atoms with Crippen molar-refractivity contribution in [2.75, 3.05) is 0 Å². The van der Waals surface area contributed by atoms with Crippen molar-refractivity contribution in [3.8, 4) is 11.1 Å². The monoisotopic (exact) mass is 522 g/mol. The van der Waals surface area contributed by atoms with Crippen molar-refractivity contribution in [2.45, 2.75) is 4.90 Å². The van der Waals surface area contributed by atoms with Gasteiger partial charge in [0.2, 0.25) is 0 Å². The molecule has 0 radical (unpaired) electrons. The molecule has 0 amide bonds. The normalized spacial score (nSPS) is 12.6. The molecule has 1 aromatic heterocycles. The van der Waals surface area contributed by atoms with Gasteiger partial charge in [0.05, 0.1) is 16.0 Å². The van der Waals surface area contributed by atoms with Crippen molar-refractivity contribution in [2.24, 2.45) is 7.05 Å². The molecule has 3 aromatic carbocycles. The van der Waals surface area contributed by atoms with Gasteiger partial charge in [-0.3, -0.25) is 14.4 Å². The number of hydrogen-bond acceptors (Lipinski definition) is 6. The second-order valence-corrected chi connectivity index (χ2v) is 9.85. The second kappa shape index (κ2) is 7.31. The maximum absolute atomic E-state index is 13.6. The summed E-state index contributed by atoms with van der Waals surface area (Å²) in [5.74, 6) is -0.986. The number of pyridine rings is 1. The van der Waals surface area contributed by atoms with E-state index in [1.54, 1.807) is 36.4 Å². The Morgan fingerprint density at radius 2 is 1.64 bits per heavy atom. The highest BCUT2D eigenvalue weighted by Gasteiger charge is 2.33. The maximum atomic E-state index is 13.6. The summed E-state index contributed by atoms with van der Waals surface area (Å²) in [7, 11) is -3.30. The Bertz CT molecular complexity index is 1720. The largest absolute Gasteiger partial charge is 0.744 e. The third-order valence-corrected chi connectivity index (χ3v) is 7.28. The standard InChI is InChI=1S/C24H14BrNO6S/c1-26-17-10-9-16(25)19-20(17)18(14-7-2-3-8-15(14)23(19)28)21(24(26)29)22(27)12-5-4-6-13(11-12)33(30,31)32/h2-11H,1H3,(H,30,31,32)/p-1. The van der Waals surface area contributed by atoms with Gasteiger partial charge in [-0.25, -0.2) is 8.42 Å². The smallest absolute Gasteiger partial charge is 0.262 e. The first-order valence-electron chi connectivity index (χ1n) is 9.71. The van der Waals surface area contributed by atoms with Crippen LogP contribution in [0.25, 0.3) is 22.0 Å². The lowest BCUT2D eigenvalue weighted by molar-refractivity contribution is 0.102. The van der Waals surface area contributed by atoms with Crippen LogP contribution in [0.5, 0.6) is 0 Å². The molecule has 9 heteroatoms. The number of fused-ring (bicyclic) bond motifs is 2. The van der Waals surface area contributed by atoms with E-state index >= 15 is 0 Å². The van der Waals surface area contributed by atoms with Crippen molar-refractivity contribution in [3.05, 3.63) is 97.7 Å². The van der Waals surface area contributed by atoms with Crippen molar-refractivity contribution < 1.29 is 22.6 Å². The minimum absolute atomic E-state index is 0.120. The third-order valence-electron chi connectivity index (χ3n) is 5.79. The summed E-state index contributed by atoms with van der Waals surface area (Å²) < 4.78 is 36.2. The van der Waals surface area contributed by atoms with E-state index in [0.29, 0.717) is 37.6 Å². The number of carbonyl (C=O) groups is 2. The van der Waals surface area contributed by atoms with E-state index in [1.165, 1.54) is 23.7 Å². The van der Waals surface area contributed by atoms with Gasteiger partial charge in [0, 0.05) is 39.2 Å². The van der Waals surface area contributed by atoms with Gasteiger partial charge >= 0.3 is 0 Å². The number of hydrogen-bond donors (Lipinski definition) is 0. The van der Waals surface area contributed by atoms with Gasteiger partial charge < -0.3 is 9.12 Å². The van der Waals surface area contributed by atoms with E-state index in [9.17, 15) is 27.4 Å². The molecule has 0 N–H and O–H groups in total. The van der Waals surface area contributed by atoms with Crippen molar-refractivity contribution in [1.29, 1.82) is 0 Å². The number of benzene rings is 3. The van der Waals surface area contributed by atoms with E-state index in [4.69, 9.17) is 0 Å². The van der Waals surface area contributed by atoms with Gasteiger partial charge in [-0.2, -0.15) is 0 Å². The molecule has 0 bridgehead atoms. The molecule has 0 atom stereocenters. The number of aromatic nitrogens is 1. The van der Waals surface area contributed by atoms with Crippen LogP contribution in [0, 0.1) is 0 Å². The number of carbonyl (C=O) groups excluding carboxylic acids is 2. The highest BCUT2D eigenvalue weighted by molar-refractivity contribution is 9.10. The fourth-order valence-corrected chi connectivity index (χ4v) is 5.31. The molecule has 1 aliphatic rings. The van der Waals surface area contributed by atoms with E-state index in [0.717, 1.165) is 12.1 Å². The van der Waals surface area contributed by atoms with E-state index in [-0.39, 0.29) is 16.9 Å². The molecule has 4 aromatic rings. The molecule has 0 unspecified atom stereocenters. The zero-order chi connectivity index (χ0) is 23.7. The Labute approximate surface area is 196 Å². The fourth-order valence-electron chi connectivity index (χ4n) is 4.28. The van der Waals surface area contributed by atoms with Crippen LogP contribution in [0.15, 0.2) is 74.8 Å². The summed E-state index contributed by atoms with van der Waals surface area (Å²) in [6, 6.07) is 14.7. The lowest BCUT2D eigenvalue weighted by Crippen LogP contribution is -2.28. The minimum Gasteiger partial charge on any atom is -0.744 e. The first-order chi connectivity index (χ1) is 15.6. The molecule has 5 rings (SSSR count). The zero-order valence-electron chi connectivity index (χ0n) is 17.0. The van der Waals surface area contributed by atoms with Gasteiger partial charge in [-0.05, 0) is 29.8 Å². The highest BCUT2D eigenvalue weighted by Crippen LogP contribution is 2.43. The summed E-state index contributed by atoms with van der Waals surface area (Å²) in [6.07, 6.45) is 0. The molecule has 1 heterocycles. The Morgan fingerprint density at radius 1 is 0.939 bits per heavy atom. The SMILES string of the molecule is Cn1c(=O)c(C(=O)c2cccc(S(=O)(=O)[O-])c2)c2c3c(c(Br)ccc31)C(=O)c1ccccc1-2. The fraction of sp³-hybridized carbons (Fsp3) is 0.0417. The lowest BCUT2D eigenvalue weighted by Gasteiger charge is -2.24. The summed E-state index contributed by atoms with van der Waals surface area (Å²) in [5, 5.41) is 0.450. The molecular weight excluding hydrogens is 510 g/mol. The lowest BCUT2D eigenvalue weighted by atomic mass is 9.80. The first-order valence-corrected chi connectivity index (χ1v) is 11.9. The van der Waals surface area contributed by atoms with Crippen molar-refractivity contribution in [3.63, 3.8) is 0 Å². The molecule has 0 aliphatic heterocycles. The van der Waals surface area contributed by atoms with Crippen LogP contribution in [0.4, 0.5) is 0 Å². The Morgan fingerprint density at radius 3 is 2.33 bits per heavy atom. The molecular formula is C24H13BrNO6S-. The van der Waals surface area contributed by atoms with Crippen molar-refractivity contribution >= 4 is 48.5 Å². The summed E-state index contributed by atoms with van der Waals surface area (Å²) >= 11 is 3.42. The van der Waals surface area contributed by atoms with Gasteiger partial charge in [-0.1, -0.05) is 52.3 Å². The minimum atomic E-state index is -4.80. The maximum Gasteiger partial charge on any atom is 0.262 e. The van der Waals surface area contributed by atoms with Crippen LogP contribution < -0.4 is 5.56 Å². The number of nitrogens with zero attached hydrogens (tertiary/aromatic N) is 1. The predicted molar refractivity (Wildman–Crippen MR) is 124 cm³/mol. The zero-order valence-corrected chi connectivity index (χ0v) is 19.4. The van der Waals surface area contributed by atoms with Crippen LogP contribution >= 0.6 is 15.9 Å². The van der Waals surface area contributed by atoms with Crippen LogP contribution in [0.3, 0.4) is 0 Å². The number of ketones is 2. The summed E-state index contributed by atoms with van der Waals surface area (Å²) in [5.41, 5.74) is 0.971. The molecule has 164 valence electrons. The average Bonchev–Trinajstić information content (AvgIpc) is 2.79. The summed E-state index contributed by atoms with van der Waals surface area (Å²) in [4.78, 5) is 39.8. The van der Waals surface area contributed by atoms with Crippen LogP contribution in [-0.4, -0.2) is 29.1 Å². The van der Waals surface area contributed by atoms with Gasteiger partial charge in [0.25, 0.3) is 5.56 Å². The number of halogens is 1. The Balaban J connectivity index is 1.95. The Hall–Kier alpha value is -3.40. The van der Waals surface area contributed by atoms with Gasteiger partial charge in [0.15, 0.2) is 11.6 Å². The molecule has 0 fully saturated rings. The molecule has 7 nitrogen and oxygen atoms in total. The molecule has 0 saturated heterocycles. The quantitative estimate of drug-likeness (QED) is 0.264. The molecule has 0 saturated carbocycles. The van der Waals surface area contributed by atoms with Gasteiger partial charge in [0.1, 0.15) is 10.1 Å². The van der Waals surface area contributed by atoms with Crippen LogP contribution in [0.2, 0.25) is 0 Å². The highest BCUT2D eigenvalue weighted by atomic mass is 79.9. The predicted octanol–water partition coefficient (Wildman–Crippen LogP) is 3.65. The molecule has 33 heavy (non-hydrogen) atoms. The van der Waals surface area contributed by atoms with E-state index in [1.807, 2.05) is 0 Å². The topological polar surface area (TPSA) is 113 Å². The molecule has 0 spiro atoms. The van der Waals surface area contributed by atoms with E-state index < -0.39 is 26.4 Å². The summed E-state index contributed by atoms with van der Waals surface area (Å²) in [6.45, 7) is 0. The van der Waals surface area contributed by atoms with E-state index in [2.05, 4.69) is 15.9 Å². The van der Waals surface area contributed by atoms with Crippen LogP contribution in [-0.2, 0) is 17.2 Å². The van der Waals surface area contributed by atoms with Gasteiger partial charge in [-0.15, -0.1) is 0 Å². The molecule has 1 aliphatic carbocycles. The number of aryl methyl sites for hydroxylation is 1. The Kier molecular flexibility index (Phi) is 4.75. The van der Waals surface area contributed by atoms with Crippen LogP contribution in [0.1, 0.15) is 31.8 Å².